The SMILES string of the molecule is NC1CCCOC1C1CCN(Cc2cccc3c2CN(C2CCC(=O)NC2=O)C3=O)CC1. The molecule has 0 spiro atoms. The van der Waals surface area contributed by atoms with Gasteiger partial charge in [-0.1, -0.05) is 12.1 Å². The average molecular weight is 441 g/mol. The normalized spacial score (nSPS) is 29.8. The third-order valence-corrected chi connectivity index (χ3v) is 7.58. The first-order valence-corrected chi connectivity index (χ1v) is 11.9. The number of carbonyl (C=O) groups is 3. The van der Waals surface area contributed by atoms with Crippen LogP contribution in [0.4, 0.5) is 0 Å². The molecule has 3 unspecified atom stereocenters. The quantitative estimate of drug-likeness (QED) is 0.681. The van der Waals surface area contributed by atoms with Gasteiger partial charge >= 0.3 is 0 Å². The zero-order valence-electron chi connectivity index (χ0n) is 18.4. The van der Waals surface area contributed by atoms with Crippen molar-refractivity contribution in [2.45, 2.75) is 69.8 Å². The van der Waals surface area contributed by atoms with E-state index in [1.165, 1.54) is 0 Å². The Hall–Kier alpha value is -2.29. The summed E-state index contributed by atoms with van der Waals surface area (Å²) in [4.78, 5) is 40.9. The summed E-state index contributed by atoms with van der Waals surface area (Å²) in [6.45, 7) is 4.03. The Morgan fingerprint density at radius 3 is 2.66 bits per heavy atom. The molecule has 1 aromatic carbocycles. The number of nitrogens with two attached hydrogens (primary N) is 1. The van der Waals surface area contributed by atoms with Crippen LogP contribution in [0.2, 0.25) is 0 Å². The lowest BCUT2D eigenvalue weighted by atomic mass is 9.85. The second-order valence-corrected chi connectivity index (χ2v) is 9.60. The number of imide groups is 1. The third-order valence-electron chi connectivity index (χ3n) is 7.58. The molecular weight excluding hydrogens is 408 g/mol. The lowest BCUT2D eigenvalue weighted by Gasteiger charge is -2.40. The Morgan fingerprint density at radius 1 is 1.09 bits per heavy atom. The van der Waals surface area contributed by atoms with Crippen LogP contribution in [0.1, 0.15) is 60.0 Å². The molecule has 0 radical (unpaired) electrons. The molecule has 0 bridgehead atoms. The first-order chi connectivity index (χ1) is 15.5. The summed E-state index contributed by atoms with van der Waals surface area (Å²) in [5.74, 6) is -0.223. The van der Waals surface area contributed by atoms with E-state index in [1.54, 1.807) is 4.90 Å². The molecular formula is C24H32N4O4. The van der Waals surface area contributed by atoms with Gasteiger partial charge in [0.25, 0.3) is 5.91 Å². The number of hydrogen-bond acceptors (Lipinski definition) is 6. The average Bonchev–Trinajstić information content (AvgIpc) is 3.12. The summed E-state index contributed by atoms with van der Waals surface area (Å²) in [6, 6.07) is 5.45. The van der Waals surface area contributed by atoms with Gasteiger partial charge in [0.05, 0.1) is 6.10 Å². The molecule has 8 heteroatoms. The first kappa shape index (κ1) is 21.6. The molecule has 0 aromatic heterocycles. The highest BCUT2D eigenvalue weighted by atomic mass is 16.5. The fraction of sp³-hybridized carbons (Fsp3) is 0.625. The summed E-state index contributed by atoms with van der Waals surface area (Å²) >= 11 is 0. The molecule has 1 aromatic rings. The maximum atomic E-state index is 13.0. The van der Waals surface area contributed by atoms with E-state index in [0.29, 0.717) is 24.4 Å². The number of likely N-dealkylation sites (tertiary alicyclic amines) is 1. The fourth-order valence-corrected chi connectivity index (χ4v) is 5.79. The molecule has 0 saturated carbocycles. The highest BCUT2D eigenvalue weighted by Crippen LogP contribution is 2.32. The van der Waals surface area contributed by atoms with Crippen LogP contribution in [-0.2, 0) is 27.4 Å². The topological polar surface area (TPSA) is 105 Å². The van der Waals surface area contributed by atoms with Crippen LogP contribution < -0.4 is 11.1 Å². The minimum atomic E-state index is -0.573. The van der Waals surface area contributed by atoms with Crippen LogP contribution in [0.5, 0.6) is 0 Å². The van der Waals surface area contributed by atoms with Gasteiger partial charge < -0.3 is 15.4 Å². The number of nitrogens with one attached hydrogen (secondary N) is 1. The molecule has 4 heterocycles. The maximum Gasteiger partial charge on any atom is 0.255 e. The van der Waals surface area contributed by atoms with Crippen LogP contribution in [0.3, 0.4) is 0 Å². The number of rotatable bonds is 4. The van der Waals surface area contributed by atoms with Crippen LogP contribution in [0, 0.1) is 5.92 Å². The largest absolute Gasteiger partial charge is 0.376 e. The fourth-order valence-electron chi connectivity index (χ4n) is 5.79. The van der Waals surface area contributed by atoms with Crippen molar-refractivity contribution >= 4 is 17.7 Å². The van der Waals surface area contributed by atoms with E-state index < -0.39 is 6.04 Å². The molecule has 3 N–H and O–H groups in total. The molecule has 0 aliphatic carbocycles. The van der Waals surface area contributed by atoms with Crippen molar-refractivity contribution in [2.75, 3.05) is 19.7 Å². The number of piperidine rings is 2. The zero-order chi connectivity index (χ0) is 22.2. The lowest BCUT2D eigenvalue weighted by Crippen LogP contribution is -2.52. The van der Waals surface area contributed by atoms with Crippen molar-refractivity contribution in [3.05, 3.63) is 34.9 Å². The highest BCUT2D eigenvalue weighted by Gasteiger charge is 2.40. The van der Waals surface area contributed by atoms with Crippen LogP contribution in [-0.4, -0.2) is 65.4 Å². The van der Waals surface area contributed by atoms with Gasteiger partial charge in [-0.3, -0.25) is 24.6 Å². The minimum absolute atomic E-state index is 0.113. The van der Waals surface area contributed by atoms with E-state index in [1.807, 2.05) is 12.1 Å². The van der Waals surface area contributed by atoms with E-state index in [-0.39, 0.29) is 36.3 Å². The van der Waals surface area contributed by atoms with Crippen LogP contribution in [0.15, 0.2) is 18.2 Å². The minimum Gasteiger partial charge on any atom is -0.376 e. The first-order valence-electron chi connectivity index (χ1n) is 11.9. The molecule has 3 amide bonds. The lowest BCUT2D eigenvalue weighted by molar-refractivity contribution is -0.136. The Kier molecular flexibility index (Phi) is 6.01. The molecule has 172 valence electrons. The molecule has 4 aliphatic heterocycles. The Morgan fingerprint density at radius 2 is 1.91 bits per heavy atom. The predicted octanol–water partition coefficient (Wildman–Crippen LogP) is 1.17. The van der Waals surface area contributed by atoms with Gasteiger partial charge in [0.2, 0.25) is 11.8 Å². The molecule has 4 aliphatic rings. The molecule has 5 rings (SSSR count). The molecule has 3 saturated heterocycles. The van der Waals surface area contributed by atoms with Gasteiger partial charge in [0, 0.05) is 37.7 Å². The number of benzene rings is 1. The number of hydrogen-bond donors (Lipinski definition) is 2. The summed E-state index contributed by atoms with van der Waals surface area (Å²) in [5, 5.41) is 2.37. The Bertz CT molecular complexity index is 911. The van der Waals surface area contributed by atoms with E-state index in [4.69, 9.17) is 10.5 Å². The van der Waals surface area contributed by atoms with Crippen molar-refractivity contribution in [3.8, 4) is 0 Å². The molecule has 32 heavy (non-hydrogen) atoms. The van der Waals surface area contributed by atoms with Crippen LogP contribution in [0.25, 0.3) is 0 Å². The van der Waals surface area contributed by atoms with Crippen molar-refractivity contribution in [3.63, 3.8) is 0 Å². The number of ether oxygens (including phenoxy) is 1. The second kappa shape index (κ2) is 8.92. The Balaban J connectivity index is 1.24. The monoisotopic (exact) mass is 440 g/mol. The van der Waals surface area contributed by atoms with Crippen molar-refractivity contribution in [1.82, 2.24) is 15.1 Å². The molecule has 8 nitrogen and oxygen atoms in total. The smallest absolute Gasteiger partial charge is 0.255 e. The standard InChI is InChI=1S/C24H32N4O4/c25-19-5-2-12-32-22(19)15-8-10-27(11-9-15)13-16-3-1-4-17-18(16)14-28(24(17)31)20-6-7-21(29)26-23(20)30/h1,3-4,15,19-20,22H,2,5-14,25H2,(H,26,29,30). The number of carbonyl (C=O) groups excluding carboxylic acids is 3. The number of fused-ring (bicyclic) bond motifs is 1. The van der Waals surface area contributed by atoms with Gasteiger partial charge in [0.15, 0.2) is 0 Å². The summed E-state index contributed by atoms with van der Waals surface area (Å²) in [5.41, 5.74) is 9.16. The molecule has 3 atom stereocenters. The number of amides is 3. The predicted molar refractivity (Wildman–Crippen MR) is 117 cm³/mol. The van der Waals surface area contributed by atoms with Gasteiger partial charge in [-0.05, 0) is 68.3 Å². The van der Waals surface area contributed by atoms with Crippen molar-refractivity contribution in [2.24, 2.45) is 11.7 Å². The van der Waals surface area contributed by atoms with E-state index in [2.05, 4.69) is 16.3 Å². The summed E-state index contributed by atoms with van der Waals surface area (Å²) < 4.78 is 6.00. The zero-order valence-corrected chi connectivity index (χ0v) is 18.4. The second-order valence-electron chi connectivity index (χ2n) is 9.60. The van der Waals surface area contributed by atoms with Gasteiger partial charge in [0.1, 0.15) is 6.04 Å². The maximum absolute atomic E-state index is 13.0. The van der Waals surface area contributed by atoms with Gasteiger partial charge in [-0.15, -0.1) is 0 Å². The summed E-state index contributed by atoms with van der Waals surface area (Å²) in [7, 11) is 0. The third kappa shape index (κ3) is 4.07. The van der Waals surface area contributed by atoms with Crippen molar-refractivity contribution < 1.29 is 19.1 Å². The van der Waals surface area contributed by atoms with Gasteiger partial charge in [-0.2, -0.15) is 0 Å². The van der Waals surface area contributed by atoms with E-state index >= 15 is 0 Å². The van der Waals surface area contributed by atoms with Crippen molar-refractivity contribution in [1.29, 1.82) is 0 Å². The van der Waals surface area contributed by atoms with E-state index in [0.717, 1.165) is 63.1 Å². The van der Waals surface area contributed by atoms with E-state index in [9.17, 15) is 14.4 Å². The van der Waals surface area contributed by atoms with Gasteiger partial charge in [-0.25, -0.2) is 0 Å². The van der Waals surface area contributed by atoms with Crippen LogP contribution >= 0.6 is 0 Å². The molecule has 3 fully saturated rings. The number of nitrogens with zero attached hydrogens (tertiary/aromatic N) is 2. The summed E-state index contributed by atoms with van der Waals surface area (Å²) in [6.07, 6.45) is 5.11. The highest BCUT2D eigenvalue weighted by molar-refractivity contribution is 6.05. The Labute approximate surface area is 188 Å².